The largest absolute Gasteiger partial charge is 0.496 e. The van der Waals surface area contributed by atoms with Crippen molar-refractivity contribution in [2.45, 2.75) is 32.8 Å². The maximum absolute atomic E-state index is 12.1. The Kier molecular flexibility index (Phi) is 6.31. The highest BCUT2D eigenvalue weighted by atomic mass is 16.5. The summed E-state index contributed by atoms with van der Waals surface area (Å²) in [4.78, 5) is 12.1. The van der Waals surface area contributed by atoms with Gasteiger partial charge in [0.15, 0.2) is 0 Å². The van der Waals surface area contributed by atoms with Crippen LogP contribution < -0.4 is 14.8 Å². The molecule has 1 aromatic rings. The number of benzene rings is 1. The smallest absolute Gasteiger partial charge is 0.251 e. The lowest BCUT2D eigenvalue weighted by molar-refractivity contribution is 0.0949. The van der Waals surface area contributed by atoms with E-state index < -0.39 is 0 Å². The first-order valence-electron chi connectivity index (χ1n) is 6.68. The molecular formula is C15H23NO4. The van der Waals surface area contributed by atoms with Crippen molar-refractivity contribution in [3.8, 4) is 11.5 Å². The molecule has 2 N–H and O–H groups in total. The molecule has 0 saturated heterocycles. The molecule has 0 saturated carbocycles. The molecule has 0 fully saturated rings. The first-order chi connectivity index (χ1) is 9.49. The maximum atomic E-state index is 12.1. The Morgan fingerprint density at radius 1 is 1.30 bits per heavy atom. The van der Waals surface area contributed by atoms with Crippen molar-refractivity contribution in [3.63, 3.8) is 0 Å². The van der Waals surface area contributed by atoms with Gasteiger partial charge in [0.1, 0.15) is 11.5 Å². The van der Waals surface area contributed by atoms with E-state index in [9.17, 15) is 4.79 Å². The van der Waals surface area contributed by atoms with E-state index >= 15 is 0 Å². The SMILES string of the molecule is COc1cc(C(=O)NCCCC(C)O)cc(OC)c1C. The monoisotopic (exact) mass is 281 g/mol. The number of carbonyl (C=O) groups excluding carboxylic acids is 1. The van der Waals surface area contributed by atoms with Crippen LogP contribution in [0.5, 0.6) is 11.5 Å². The molecule has 1 atom stereocenters. The summed E-state index contributed by atoms with van der Waals surface area (Å²) in [5, 5.41) is 12.0. The molecule has 112 valence electrons. The van der Waals surface area contributed by atoms with Gasteiger partial charge in [0, 0.05) is 17.7 Å². The molecule has 1 aromatic carbocycles. The van der Waals surface area contributed by atoms with E-state index in [4.69, 9.17) is 14.6 Å². The number of methoxy groups -OCH3 is 2. The normalized spacial score (nSPS) is 11.8. The van der Waals surface area contributed by atoms with Gasteiger partial charge in [0.25, 0.3) is 5.91 Å². The second-order valence-corrected chi connectivity index (χ2v) is 4.75. The maximum Gasteiger partial charge on any atom is 0.251 e. The summed E-state index contributed by atoms with van der Waals surface area (Å²) in [5.74, 6) is 1.07. The number of amides is 1. The van der Waals surface area contributed by atoms with Crippen molar-refractivity contribution < 1.29 is 19.4 Å². The van der Waals surface area contributed by atoms with Crippen LogP contribution in [0.1, 0.15) is 35.7 Å². The van der Waals surface area contributed by atoms with Crippen molar-refractivity contribution in [1.29, 1.82) is 0 Å². The Morgan fingerprint density at radius 3 is 2.30 bits per heavy atom. The van der Waals surface area contributed by atoms with Gasteiger partial charge in [0.2, 0.25) is 0 Å². The molecular weight excluding hydrogens is 258 g/mol. The van der Waals surface area contributed by atoms with Crippen LogP contribution in [0, 0.1) is 6.92 Å². The molecule has 0 aromatic heterocycles. The zero-order valence-electron chi connectivity index (χ0n) is 12.5. The van der Waals surface area contributed by atoms with Crippen molar-refractivity contribution in [3.05, 3.63) is 23.3 Å². The first-order valence-corrected chi connectivity index (χ1v) is 6.68. The minimum Gasteiger partial charge on any atom is -0.496 e. The molecule has 0 spiro atoms. The molecule has 0 aliphatic heterocycles. The Bertz CT molecular complexity index is 432. The molecule has 5 heteroatoms. The zero-order valence-corrected chi connectivity index (χ0v) is 12.5. The van der Waals surface area contributed by atoms with Crippen molar-refractivity contribution >= 4 is 5.91 Å². The van der Waals surface area contributed by atoms with E-state index in [1.807, 2.05) is 6.92 Å². The van der Waals surface area contributed by atoms with Crippen LogP contribution in [-0.2, 0) is 0 Å². The number of hydrogen-bond acceptors (Lipinski definition) is 4. The standard InChI is InChI=1S/C15H23NO4/c1-10(17)6-5-7-16-15(18)12-8-13(19-3)11(2)14(9-12)20-4/h8-10,17H,5-7H2,1-4H3,(H,16,18). The molecule has 0 heterocycles. The van der Waals surface area contributed by atoms with Gasteiger partial charge in [-0.2, -0.15) is 0 Å². The number of carbonyl (C=O) groups is 1. The molecule has 1 amide bonds. The van der Waals surface area contributed by atoms with E-state index in [1.54, 1.807) is 33.3 Å². The molecule has 0 bridgehead atoms. The van der Waals surface area contributed by atoms with E-state index in [1.165, 1.54) is 0 Å². The van der Waals surface area contributed by atoms with Crippen molar-refractivity contribution in [1.82, 2.24) is 5.32 Å². The summed E-state index contributed by atoms with van der Waals surface area (Å²) in [6.45, 7) is 4.14. The van der Waals surface area contributed by atoms with E-state index in [0.29, 0.717) is 30.0 Å². The Labute approximate surface area is 119 Å². The van der Waals surface area contributed by atoms with Crippen LogP contribution in [0.15, 0.2) is 12.1 Å². The van der Waals surface area contributed by atoms with Gasteiger partial charge in [0.05, 0.1) is 20.3 Å². The third kappa shape index (κ3) is 4.42. The van der Waals surface area contributed by atoms with E-state index in [-0.39, 0.29) is 12.0 Å². The Hall–Kier alpha value is -1.75. The highest BCUT2D eigenvalue weighted by molar-refractivity contribution is 5.95. The first kappa shape index (κ1) is 16.3. The van der Waals surface area contributed by atoms with Crippen LogP contribution in [0.4, 0.5) is 0 Å². The molecule has 0 radical (unpaired) electrons. The average Bonchev–Trinajstić information content (AvgIpc) is 2.43. The van der Waals surface area contributed by atoms with Crippen LogP contribution in [0.3, 0.4) is 0 Å². The third-order valence-corrected chi connectivity index (χ3v) is 3.10. The summed E-state index contributed by atoms with van der Waals surface area (Å²) in [6, 6.07) is 3.39. The minimum absolute atomic E-state index is 0.174. The van der Waals surface area contributed by atoms with Crippen LogP contribution in [0.25, 0.3) is 0 Å². The molecule has 1 rings (SSSR count). The molecule has 0 aliphatic rings. The van der Waals surface area contributed by atoms with Gasteiger partial charge in [-0.05, 0) is 38.8 Å². The van der Waals surface area contributed by atoms with Crippen molar-refractivity contribution in [2.24, 2.45) is 0 Å². The second-order valence-electron chi connectivity index (χ2n) is 4.75. The Balaban J connectivity index is 2.72. The predicted octanol–water partition coefficient (Wildman–Crippen LogP) is 1.90. The van der Waals surface area contributed by atoms with Gasteiger partial charge in [-0.1, -0.05) is 0 Å². The quantitative estimate of drug-likeness (QED) is 0.749. The van der Waals surface area contributed by atoms with Gasteiger partial charge >= 0.3 is 0 Å². The van der Waals surface area contributed by atoms with Crippen LogP contribution in [0.2, 0.25) is 0 Å². The number of nitrogens with one attached hydrogen (secondary N) is 1. The number of hydrogen-bond donors (Lipinski definition) is 2. The Morgan fingerprint density at radius 2 is 1.85 bits per heavy atom. The highest BCUT2D eigenvalue weighted by Crippen LogP contribution is 2.29. The third-order valence-electron chi connectivity index (χ3n) is 3.10. The zero-order chi connectivity index (χ0) is 15.1. The highest BCUT2D eigenvalue weighted by Gasteiger charge is 2.13. The summed E-state index contributed by atoms with van der Waals surface area (Å²) in [5.41, 5.74) is 1.36. The summed E-state index contributed by atoms with van der Waals surface area (Å²) >= 11 is 0. The predicted molar refractivity (Wildman–Crippen MR) is 77.5 cm³/mol. The minimum atomic E-state index is -0.341. The lowest BCUT2D eigenvalue weighted by Gasteiger charge is -2.13. The molecule has 20 heavy (non-hydrogen) atoms. The van der Waals surface area contributed by atoms with E-state index in [2.05, 4.69) is 5.32 Å². The van der Waals surface area contributed by atoms with Gasteiger partial charge in [-0.15, -0.1) is 0 Å². The lowest BCUT2D eigenvalue weighted by Crippen LogP contribution is -2.25. The second kappa shape index (κ2) is 7.75. The number of aliphatic hydroxyl groups excluding tert-OH is 1. The number of aliphatic hydroxyl groups is 1. The topological polar surface area (TPSA) is 67.8 Å². The molecule has 0 aliphatic carbocycles. The van der Waals surface area contributed by atoms with Crippen LogP contribution >= 0.6 is 0 Å². The van der Waals surface area contributed by atoms with Gasteiger partial charge in [-0.3, -0.25) is 4.79 Å². The summed E-state index contributed by atoms with van der Waals surface area (Å²) in [6.07, 6.45) is 1.07. The molecule has 1 unspecified atom stereocenters. The van der Waals surface area contributed by atoms with Gasteiger partial charge in [-0.25, -0.2) is 0 Å². The fourth-order valence-electron chi connectivity index (χ4n) is 1.92. The summed E-state index contributed by atoms with van der Waals surface area (Å²) in [7, 11) is 3.12. The van der Waals surface area contributed by atoms with Gasteiger partial charge < -0.3 is 19.9 Å². The molecule has 5 nitrogen and oxygen atoms in total. The average molecular weight is 281 g/mol. The number of ether oxygens (including phenoxy) is 2. The van der Waals surface area contributed by atoms with Crippen molar-refractivity contribution in [2.75, 3.05) is 20.8 Å². The van der Waals surface area contributed by atoms with E-state index in [0.717, 1.165) is 12.0 Å². The summed E-state index contributed by atoms with van der Waals surface area (Å²) < 4.78 is 10.5. The fourth-order valence-corrected chi connectivity index (χ4v) is 1.92. The van der Waals surface area contributed by atoms with Crippen LogP contribution in [-0.4, -0.2) is 37.9 Å². The number of rotatable bonds is 7. The lowest BCUT2D eigenvalue weighted by atomic mass is 10.1. The fraction of sp³-hybridized carbons (Fsp3) is 0.533.